The molecule has 0 bridgehead atoms. The molecule has 4 N–H and O–H groups in total. The van der Waals surface area contributed by atoms with E-state index in [1.165, 1.54) is 16.7 Å². The Morgan fingerprint density at radius 1 is 1.30 bits per heavy atom. The highest BCUT2D eigenvalue weighted by molar-refractivity contribution is 7.88. The lowest BCUT2D eigenvalue weighted by molar-refractivity contribution is -0.138. The molecule has 11 heteroatoms. The molecule has 1 fully saturated rings. The molecule has 2 atom stereocenters. The maximum absolute atomic E-state index is 12.0. The van der Waals surface area contributed by atoms with Crippen LogP contribution in [0.3, 0.4) is 0 Å². The third-order valence-electron chi connectivity index (χ3n) is 4.86. The molecule has 0 unspecified atom stereocenters. The van der Waals surface area contributed by atoms with Crippen LogP contribution in [-0.2, 0) is 14.8 Å². The number of sulfonamides is 1. The summed E-state index contributed by atoms with van der Waals surface area (Å²) in [5.41, 5.74) is 6.58. The zero-order valence-corrected chi connectivity index (χ0v) is 17.2. The molecule has 1 saturated heterocycles. The molecule has 1 aromatic carbocycles. The van der Waals surface area contributed by atoms with Crippen molar-refractivity contribution >= 4 is 21.8 Å². The van der Waals surface area contributed by atoms with Crippen LogP contribution < -0.4 is 10.5 Å². The number of nitrogens with two attached hydrogens (primary N) is 1. The molecule has 0 radical (unpaired) electrons. The highest BCUT2D eigenvalue weighted by Gasteiger charge is 2.38. The Morgan fingerprint density at radius 3 is 2.47 bits per heavy atom. The Kier molecular flexibility index (Phi) is 6.32. The molecule has 160 valence electrons. The maximum atomic E-state index is 12.0. The number of aliphatic carboxylic acids is 1. The van der Waals surface area contributed by atoms with Crippen LogP contribution in [-0.4, -0.2) is 65.1 Å². The first-order valence-electron chi connectivity index (χ1n) is 9.21. The van der Waals surface area contributed by atoms with Crippen LogP contribution >= 0.6 is 0 Å². The van der Waals surface area contributed by atoms with E-state index in [0.29, 0.717) is 23.6 Å². The second-order valence-electron chi connectivity index (χ2n) is 7.23. The minimum Gasteiger partial charge on any atom is -0.492 e. The van der Waals surface area contributed by atoms with Crippen LogP contribution in [0, 0.1) is 11.3 Å². The van der Waals surface area contributed by atoms with Gasteiger partial charge in [-0.25, -0.2) is 18.4 Å². The lowest BCUT2D eigenvalue weighted by Crippen LogP contribution is -2.38. The number of nitrogens with one attached hydrogen (secondary N) is 1. The molecule has 0 aliphatic carbocycles. The SMILES string of the molecule is CS(=O)(=O)N1C[C@H](CC(=O)O)C[C@H]1COc1ccc(-c2ncc(C(=N)N)cn2)cc1. The fraction of sp³-hybridized carbons (Fsp3) is 0.368. The van der Waals surface area contributed by atoms with Gasteiger partial charge in [0, 0.05) is 30.9 Å². The Balaban J connectivity index is 1.65. The molecular weight excluding hydrogens is 410 g/mol. The summed E-state index contributed by atoms with van der Waals surface area (Å²) in [6.07, 6.45) is 4.44. The Morgan fingerprint density at radius 2 is 1.93 bits per heavy atom. The van der Waals surface area contributed by atoms with Crippen LogP contribution in [0.25, 0.3) is 11.4 Å². The fourth-order valence-corrected chi connectivity index (χ4v) is 4.61. The summed E-state index contributed by atoms with van der Waals surface area (Å²) in [5.74, 6) is -0.255. The molecular formula is C19H23N5O5S. The number of nitrogen functional groups attached to an aromatic ring is 1. The predicted octanol–water partition coefficient (Wildman–Crippen LogP) is 0.931. The van der Waals surface area contributed by atoms with E-state index in [-0.39, 0.29) is 31.3 Å². The van der Waals surface area contributed by atoms with Crippen LogP contribution in [0.2, 0.25) is 0 Å². The number of aromatic nitrogens is 2. The van der Waals surface area contributed by atoms with Gasteiger partial charge in [-0.1, -0.05) is 0 Å². The molecule has 30 heavy (non-hydrogen) atoms. The van der Waals surface area contributed by atoms with Gasteiger partial charge in [0.1, 0.15) is 18.2 Å². The van der Waals surface area contributed by atoms with E-state index >= 15 is 0 Å². The summed E-state index contributed by atoms with van der Waals surface area (Å²) < 4.78 is 31.2. The summed E-state index contributed by atoms with van der Waals surface area (Å²) in [5, 5.41) is 16.4. The van der Waals surface area contributed by atoms with Crippen LogP contribution in [0.1, 0.15) is 18.4 Å². The number of nitrogens with zero attached hydrogens (tertiary/aromatic N) is 3. The lowest BCUT2D eigenvalue weighted by atomic mass is 10.0. The van der Waals surface area contributed by atoms with Gasteiger partial charge in [-0.05, 0) is 36.6 Å². The Labute approximate surface area is 174 Å². The summed E-state index contributed by atoms with van der Waals surface area (Å²) in [6.45, 7) is 0.317. The van der Waals surface area contributed by atoms with E-state index in [4.69, 9.17) is 21.0 Å². The largest absolute Gasteiger partial charge is 0.492 e. The van der Waals surface area contributed by atoms with E-state index in [1.807, 2.05) is 0 Å². The van der Waals surface area contributed by atoms with E-state index in [2.05, 4.69) is 9.97 Å². The van der Waals surface area contributed by atoms with Gasteiger partial charge in [-0.15, -0.1) is 0 Å². The van der Waals surface area contributed by atoms with Gasteiger partial charge in [0.15, 0.2) is 5.82 Å². The van der Waals surface area contributed by atoms with Crippen LogP contribution in [0.15, 0.2) is 36.7 Å². The molecule has 1 aliphatic heterocycles. The number of rotatable bonds is 8. The molecule has 1 aromatic heterocycles. The van der Waals surface area contributed by atoms with Gasteiger partial charge >= 0.3 is 5.97 Å². The van der Waals surface area contributed by atoms with Gasteiger partial charge in [-0.2, -0.15) is 4.31 Å². The first-order valence-corrected chi connectivity index (χ1v) is 11.1. The average Bonchev–Trinajstić information content (AvgIpc) is 3.09. The average molecular weight is 433 g/mol. The highest BCUT2D eigenvalue weighted by atomic mass is 32.2. The Hall–Kier alpha value is -3.05. The monoisotopic (exact) mass is 433 g/mol. The van der Waals surface area contributed by atoms with Crippen molar-refractivity contribution in [3.63, 3.8) is 0 Å². The zero-order valence-electron chi connectivity index (χ0n) is 16.4. The number of benzene rings is 1. The van der Waals surface area contributed by atoms with Crippen LogP contribution in [0.5, 0.6) is 5.75 Å². The highest BCUT2D eigenvalue weighted by Crippen LogP contribution is 2.29. The van der Waals surface area contributed by atoms with Crippen molar-refractivity contribution in [3.05, 3.63) is 42.2 Å². The molecule has 0 amide bonds. The summed E-state index contributed by atoms with van der Waals surface area (Å²) in [4.78, 5) is 19.3. The van der Waals surface area contributed by atoms with Gasteiger partial charge in [0.05, 0.1) is 17.9 Å². The number of ether oxygens (including phenoxy) is 1. The normalized spacial score (nSPS) is 19.5. The molecule has 1 aliphatic rings. The first kappa shape index (κ1) is 21.7. The predicted molar refractivity (Wildman–Crippen MR) is 110 cm³/mol. The molecule has 0 spiro atoms. The molecule has 2 heterocycles. The number of carbonyl (C=O) groups is 1. The Bertz CT molecular complexity index is 1020. The summed E-state index contributed by atoms with van der Waals surface area (Å²) in [6, 6.07) is 6.59. The molecule has 2 aromatic rings. The standard InChI is InChI=1S/C19H23N5O5S/c1-30(27,28)24-10-12(7-17(25)26)6-15(24)11-29-16-4-2-13(3-5-16)19-22-8-14(9-23-19)18(20)21/h2-5,8-9,12,15H,6-7,10-11H2,1H3,(H3,20,21)(H,25,26)/t12-,15-/m0/s1. The molecule has 0 saturated carbocycles. The van der Waals surface area contributed by atoms with Crippen molar-refractivity contribution in [1.82, 2.24) is 14.3 Å². The molecule has 10 nitrogen and oxygen atoms in total. The van der Waals surface area contributed by atoms with E-state index < -0.39 is 22.0 Å². The fourth-order valence-electron chi connectivity index (χ4n) is 3.44. The summed E-state index contributed by atoms with van der Waals surface area (Å²) >= 11 is 0. The van der Waals surface area contributed by atoms with Crippen molar-refractivity contribution in [2.75, 3.05) is 19.4 Å². The van der Waals surface area contributed by atoms with Gasteiger partial charge in [-0.3, -0.25) is 10.2 Å². The van der Waals surface area contributed by atoms with Gasteiger partial charge < -0.3 is 15.6 Å². The topological polar surface area (TPSA) is 160 Å². The second-order valence-corrected chi connectivity index (χ2v) is 9.17. The third kappa shape index (κ3) is 5.30. The number of carboxylic acid groups (broad SMARTS) is 1. The van der Waals surface area contributed by atoms with Crippen molar-refractivity contribution < 1.29 is 23.1 Å². The zero-order chi connectivity index (χ0) is 21.9. The second kappa shape index (κ2) is 8.76. The summed E-state index contributed by atoms with van der Waals surface area (Å²) in [7, 11) is -3.46. The van der Waals surface area contributed by atoms with Crippen molar-refractivity contribution in [3.8, 4) is 17.1 Å². The minimum atomic E-state index is -3.46. The number of hydrogen-bond donors (Lipinski definition) is 3. The lowest BCUT2D eigenvalue weighted by Gasteiger charge is -2.22. The van der Waals surface area contributed by atoms with Crippen molar-refractivity contribution in [2.24, 2.45) is 11.7 Å². The number of hydrogen-bond acceptors (Lipinski definition) is 7. The van der Waals surface area contributed by atoms with Crippen LogP contribution in [0.4, 0.5) is 0 Å². The van der Waals surface area contributed by atoms with Gasteiger partial charge in [0.25, 0.3) is 0 Å². The minimum absolute atomic E-state index is 0.0698. The number of amidine groups is 1. The van der Waals surface area contributed by atoms with E-state index in [1.54, 1.807) is 24.3 Å². The van der Waals surface area contributed by atoms with Gasteiger partial charge in [0.2, 0.25) is 10.0 Å². The molecule has 3 rings (SSSR count). The first-order chi connectivity index (χ1) is 14.1. The third-order valence-corrected chi connectivity index (χ3v) is 6.16. The maximum Gasteiger partial charge on any atom is 0.303 e. The number of carboxylic acids is 1. The van der Waals surface area contributed by atoms with E-state index in [9.17, 15) is 13.2 Å². The van der Waals surface area contributed by atoms with E-state index in [0.717, 1.165) is 11.8 Å². The van der Waals surface area contributed by atoms with Crippen molar-refractivity contribution in [1.29, 1.82) is 5.41 Å². The smallest absolute Gasteiger partial charge is 0.303 e. The van der Waals surface area contributed by atoms with Crippen molar-refractivity contribution in [2.45, 2.75) is 18.9 Å². The quantitative estimate of drug-likeness (QED) is 0.409.